The molecule has 2 aromatic rings. The Morgan fingerprint density at radius 3 is 2.30 bits per heavy atom. The zero-order chi connectivity index (χ0) is 36.4. The molecule has 10 nitrogen and oxygen atoms in total. The second-order valence-corrected chi connectivity index (χ2v) is 13.7. The minimum absolute atomic E-state index is 0.0621. The van der Waals surface area contributed by atoms with Crippen LogP contribution in [0.1, 0.15) is 88.1 Å². The van der Waals surface area contributed by atoms with Gasteiger partial charge in [-0.2, -0.15) is 13.2 Å². The Bertz CT molecular complexity index is 1430. The van der Waals surface area contributed by atoms with Crippen LogP contribution < -0.4 is 15.4 Å². The molecule has 3 N–H and O–H groups in total. The minimum Gasteiger partial charge on any atom is -0.490 e. The number of anilines is 2. The highest BCUT2D eigenvalue weighted by Gasteiger charge is 2.32. The number of likely N-dealkylation sites (N-methyl/N-ethyl adjacent to an activating group) is 1. The van der Waals surface area contributed by atoms with Gasteiger partial charge in [0.2, 0.25) is 5.91 Å². The molecule has 0 spiro atoms. The topological polar surface area (TPSA) is 120 Å². The number of carbonyl (C=O) groups is 3. The first-order chi connectivity index (χ1) is 23.8. The van der Waals surface area contributed by atoms with Gasteiger partial charge in [0.25, 0.3) is 5.91 Å². The summed E-state index contributed by atoms with van der Waals surface area (Å²) in [4.78, 5) is 43.5. The summed E-state index contributed by atoms with van der Waals surface area (Å²) < 4.78 is 51.6. The third-order valence-electron chi connectivity index (χ3n) is 9.56. The van der Waals surface area contributed by atoms with Gasteiger partial charge in [0.1, 0.15) is 5.75 Å². The zero-order valence-electron chi connectivity index (χ0n) is 29.4. The van der Waals surface area contributed by atoms with E-state index < -0.39 is 29.9 Å². The van der Waals surface area contributed by atoms with Crippen LogP contribution in [0.4, 0.5) is 29.3 Å². The monoisotopic (exact) mass is 704 g/mol. The molecule has 1 saturated carbocycles. The third-order valence-corrected chi connectivity index (χ3v) is 9.56. The molecule has 1 heterocycles. The van der Waals surface area contributed by atoms with E-state index in [9.17, 15) is 32.7 Å². The fourth-order valence-corrected chi connectivity index (χ4v) is 6.39. The Kier molecular flexibility index (Phi) is 13.9. The van der Waals surface area contributed by atoms with Gasteiger partial charge in [0, 0.05) is 50.0 Å². The highest BCUT2D eigenvalue weighted by Crippen LogP contribution is 2.31. The smallest absolute Gasteiger partial charge is 0.416 e. The molecule has 50 heavy (non-hydrogen) atoms. The van der Waals surface area contributed by atoms with Gasteiger partial charge >= 0.3 is 12.2 Å². The summed E-state index contributed by atoms with van der Waals surface area (Å²) in [7, 11) is 1.57. The Morgan fingerprint density at radius 1 is 0.980 bits per heavy atom. The highest BCUT2D eigenvalue weighted by molar-refractivity contribution is 6.00. The SMILES string of the molecule is C[C@@H]1CCCCO[C@@H](CN(C)C(=O)Nc2ccc(C(F)(F)F)cc2)[C@H](C)CN([C@H](C)CO)C(=O)c2cc(NC(=O)C3CCCCC3)ccc2O1. The molecule has 0 aromatic heterocycles. The fraction of sp³-hybridized carbons (Fsp3) is 0.595. The molecule has 13 heteroatoms. The lowest BCUT2D eigenvalue weighted by Gasteiger charge is -2.35. The van der Waals surface area contributed by atoms with Crippen LogP contribution in [0.5, 0.6) is 5.75 Å². The predicted molar refractivity (Wildman–Crippen MR) is 185 cm³/mol. The Balaban J connectivity index is 1.55. The first-order valence-corrected chi connectivity index (χ1v) is 17.6. The number of hydrogen-bond acceptors (Lipinski definition) is 6. The molecule has 1 aliphatic carbocycles. The lowest BCUT2D eigenvalue weighted by Crippen LogP contribution is -2.48. The lowest BCUT2D eigenvalue weighted by molar-refractivity contribution is -0.137. The van der Waals surface area contributed by atoms with Gasteiger partial charge in [-0.05, 0) is 88.4 Å². The molecule has 0 saturated heterocycles. The number of ether oxygens (including phenoxy) is 2. The fourth-order valence-electron chi connectivity index (χ4n) is 6.39. The molecule has 1 fully saturated rings. The predicted octanol–water partition coefficient (Wildman–Crippen LogP) is 7.18. The van der Waals surface area contributed by atoms with Crippen LogP contribution in [0.2, 0.25) is 0 Å². The number of benzene rings is 2. The van der Waals surface area contributed by atoms with Gasteiger partial charge in [-0.25, -0.2) is 4.79 Å². The van der Waals surface area contributed by atoms with Crippen molar-refractivity contribution in [3.05, 3.63) is 53.6 Å². The molecular formula is C37H51F3N4O6. The molecular weight excluding hydrogens is 653 g/mol. The number of aliphatic hydroxyl groups excluding tert-OH is 1. The van der Waals surface area contributed by atoms with E-state index in [1.54, 1.807) is 37.1 Å². The molecule has 4 atom stereocenters. The molecule has 2 aromatic carbocycles. The first-order valence-electron chi connectivity index (χ1n) is 17.6. The summed E-state index contributed by atoms with van der Waals surface area (Å²) in [6, 6.07) is 8.22. The zero-order valence-corrected chi connectivity index (χ0v) is 29.4. The van der Waals surface area contributed by atoms with Gasteiger partial charge in [-0.1, -0.05) is 26.2 Å². The Labute approximate surface area is 292 Å². The van der Waals surface area contributed by atoms with Crippen molar-refractivity contribution in [2.75, 3.05) is 44.0 Å². The third kappa shape index (κ3) is 10.8. The van der Waals surface area contributed by atoms with E-state index in [1.807, 2.05) is 13.8 Å². The van der Waals surface area contributed by atoms with Crippen LogP contribution in [0.3, 0.4) is 0 Å². The number of nitrogens with one attached hydrogen (secondary N) is 2. The lowest BCUT2D eigenvalue weighted by atomic mass is 9.88. The summed E-state index contributed by atoms with van der Waals surface area (Å²) in [6.45, 7) is 5.99. The largest absolute Gasteiger partial charge is 0.490 e. The van der Waals surface area contributed by atoms with Gasteiger partial charge in [0.15, 0.2) is 0 Å². The maximum Gasteiger partial charge on any atom is 0.416 e. The number of amides is 4. The van der Waals surface area contributed by atoms with Crippen LogP contribution in [0, 0.1) is 11.8 Å². The van der Waals surface area contributed by atoms with Gasteiger partial charge in [-0.3, -0.25) is 9.59 Å². The summed E-state index contributed by atoms with van der Waals surface area (Å²) in [5.74, 6) is -0.421. The van der Waals surface area contributed by atoms with Crippen molar-refractivity contribution in [1.82, 2.24) is 9.80 Å². The maximum atomic E-state index is 14.4. The van der Waals surface area contributed by atoms with E-state index in [2.05, 4.69) is 10.6 Å². The van der Waals surface area contributed by atoms with Crippen LogP contribution in [0.15, 0.2) is 42.5 Å². The van der Waals surface area contributed by atoms with Crippen molar-refractivity contribution in [1.29, 1.82) is 0 Å². The van der Waals surface area contributed by atoms with E-state index in [4.69, 9.17) is 9.47 Å². The number of rotatable bonds is 7. The molecule has 4 rings (SSSR count). The summed E-state index contributed by atoms with van der Waals surface area (Å²) in [6.07, 6.45) is 1.84. The van der Waals surface area contributed by atoms with Crippen LogP contribution >= 0.6 is 0 Å². The van der Waals surface area contributed by atoms with Crippen molar-refractivity contribution in [2.45, 2.75) is 96.6 Å². The quantitative estimate of drug-likeness (QED) is 0.281. The van der Waals surface area contributed by atoms with Crippen LogP contribution in [-0.4, -0.2) is 84.4 Å². The first kappa shape index (κ1) is 39.0. The average Bonchev–Trinajstić information content (AvgIpc) is 3.09. The number of hydrogen-bond donors (Lipinski definition) is 3. The van der Waals surface area contributed by atoms with Crippen molar-refractivity contribution < 1.29 is 42.1 Å². The maximum absolute atomic E-state index is 14.4. The van der Waals surface area contributed by atoms with E-state index in [-0.39, 0.29) is 60.7 Å². The molecule has 2 aliphatic rings. The molecule has 276 valence electrons. The van der Waals surface area contributed by atoms with Gasteiger partial charge in [-0.15, -0.1) is 0 Å². The van der Waals surface area contributed by atoms with Crippen LogP contribution in [0.25, 0.3) is 0 Å². The Morgan fingerprint density at radius 2 is 1.64 bits per heavy atom. The Hall–Kier alpha value is -3.84. The molecule has 0 radical (unpaired) electrons. The van der Waals surface area contributed by atoms with Gasteiger partial charge in [0.05, 0.1) is 36.0 Å². The number of carbonyl (C=O) groups excluding carboxylic acids is 3. The normalized spacial score (nSPS) is 22.0. The number of halogens is 3. The van der Waals surface area contributed by atoms with Crippen molar-refractivity contribution in [2.24, 2.45) is 11.8 Å². The molecule has 0 unspecified atom stereocenters. The van der Waals surface area contributed by atoms with Crippen molar-refractivity contribution in [3.8, 4) is 5.75 Å². The number of fused-ring (bicyclic) bond motifs is 1. The molecule has 0 bridgehead atoms. The molecule has 1 aliphatic heterocycles. The second-order valence-electron chi connectivity index (χ2n) is 13.7. The highest BCUT2D eigenvalue weighted by atomic mass is 19.4. The number of urea groups is 1. The van der Waals surface area contributed by atoms with Crippen molar-refractivity contribution in [3.63, 3.8) is 0 Å². The van der Waals surface area contributed by atoms with E-state index >= 15 is 0 Å². The summed E-state index contributed by atoms with van der Waals surface area (Å²) >= 11 is 0. The van der Waals surface area contributed by atoms with Crippen LogP contribution in [-0.2, 0) is 15.7 Å². The van der Waals surface area contributed by atoms with E-state index in [0.717, 1.165) is 57.1 Å². The summed E-state index contributed by atoms with van der Waals surface area (Å²) in [5, 5.41) is 15.9. The van der Waals surface area contributed by atoms with E-state index in [1.165, 1.54) is 17.0 Å². The van der Waals surface area contributed by atoms with Gasteiger partial charge < -0.3 is 35.0 Å². The number of nitrogens with zero attached hydrogens (tertiary/aromatic N) is 2. The second kappa shape index (κ2) is 17.9. The minimum atomic E-state index is -4.48. The van der Waals surface area contributed by atoms with E-state index in [0.29, 0.717) is 24.5 Å². The average molecular weight is 705 g/mol. The number of alkyl halides is 3. The van der Waals surface area contributed by atoms with Crippen molar-refractivity contribution >= 4 is 29.2 Å². The molecule has 4 amide bonds. The standard InChI is InChI=1S/C37H51F3N4O6/c1-24-21-44(25(2)23-45)35(47)31-20-30(41-34(46)27-11-6-5-7-12-27)17-18-32(31)50-26(3)10-8-9-19-49-33(24)22-43(4)36(48)42-29-15-13-28(14-16-29)37(38,39)40/h13-18,20,24-27,33,45H,5-12,19,21-23H2,1-4H3,(H,41,46)(H,42,48)/t24-,25-,26-,33+/m1/s1. The summed E-state index contributed by atoms with van der Waals surface area (Å²) in [5.41, 5.74) is 0.170. The number of aliphatic hydroxyl groups is 1.